The molecule has 0 saturated carbocycles. The molecule has 0 aromatic carbocycles. The Labute approximate surface area is 290 Å². The molecule has 0 aromatic heterocycles. The maximum Gasteiger partial charge on any atom is 0.0788 e. The predicted octanol–water partition coefficient (Wildman–Crippen LogP) is 13.4. The lowest BCUT2D eigenvalue weighted by molar-refractivity contribution is 0.0178. The first-order chi connectivity index (χ1) is 21.6. The Kier molecular flexibility index (Phi) is 41.9. The maximum absolute atomic E-state index is 10.6. The summed E-state index contributed by atoms with van der Waals surface area (Å²) in [7, 11) is 4.32. The molecule has 0 fully saturated rings. The lowest BCUT2D eigenvalue weighted by Gasteiger charge is -2.26. The summed E-state index contributed by atoms with van der Waals surface area (Å²) in [5, 5.41) is 10.6. The molecule has 0 radical (unpaired) electrons. The summed E-state index contributed by atoms with van der Waals surface area (Å²) in [6, 6.07) is 0.453. The number of ether oxygens (including phenoxy) is 1. The molecule has 0 aliphatic rings. The van der Waals surface area contributed by atoms with Crippen molar-refractivity contribution in [2.45, 2.75) is 225 Å². The molecule has 0 saturated heterocycles. The monoisotopic (exact) mass is 658 g/mol. The van der Waals surface area contributed by atoms with Crippen LogP contribution in [0, 0.1) is 0 Å². The molecule has 2 unspecified atom stereocenters. The van der Waals surface area contributed by atoms with E-state index in [9.17, 15) is 5.11 Å². The van der Waals surface area contributed by atoms with E-state index in [1.807, 2.05) is 0 Å². The second-order valence-electron chi connectivity index (χ2n) is 14.3. The highest BCUT2D eigenvalue weighted by atomic mass is 35.5. The van der Waals surface area contributed by atoms with Crippen LogP contribution in [0.15, 0.2) is 12.2 Å². The van der Waals surface area contributed by atoms with Crippen LogP contribution in [0.3, 0.4) is 0 Å². The third-order valence-corrected chi connectivity index (χ3v) is 9.53. The average molecular weight is 659 g/mol. The number of aliphatic hydroxyl groups is 1. The fourth-order valence-electron chi connectivity index (χ4n) is 6.39. The summed E-state index contributed by atoms with van der Waals surface area (Å²) in [5.41, 5.74) is 0. The van der Waals surface area contributed by atoms with Gasteiger partial charge in [0.15, 0.2) is 0 Å². The van der Waals surface area contributed by atoms with Crippen molar-refractivity contribution in [3.05, 3.63) is 12.2 Å². The molecule has 0 amide bonds. The van der Waals surface area contributed by atoms with E-state index < -0.39 is 0 Å². The van der Waals surface area contributed by atoms with Crippen LogP contribution in [0.1, 0.15) is 213 Å². The number of hydrogen-bond donors (Lipinski definition) is 1. The summed E-state index contributed by atoms with van der Waals surface area (Å²) in [4.78, 5) is 2.30. The molecule has 2 atom stereocenters. The Hall–Kier alpha value is -0.0900. The molecule has 0 heterocycles. The van der Waals surface area contributed by atoms with Gasteiger partial charge in [-0.25, -0.2) is 0 Å². The second kappa shape index (κ2) is 40.1. The standard InChI is InChI=1S/C41H83NO2.ClH/c1-5-7-9-11-13-15-17-19-21-23-25-27-29-31-33-35-37-44-39-41(43)38-40(42(3)4)36-34-32-30-28-26-24-22-20-18-16-14-12-10-8-6-2;/h20,22,40-41,43H,5-19,21,23-39H2,1-4H3;1H/b22-20-;. The van der Waals surface area contributed by atoms with Crippen molar-refractivity contribution >= 4 is 12.4 Å². The Morgan fingerprint density at radius 3 is 1.27 bits per heavy atom. The number of aliphatic hydroxyl groups excluding tert-OH is 1. The molecule has 272 valence electrons. The van der Waals surface area contributed by atoms with E-state index >= 15 is 0 Å². The van der Waals surface area contributed by atoms with Crippen molar-refractivity contribution in [1.29, 1.82) is 0 Å². The summed E-state index contributed by atoms with van der Waals surface area (Å²) in [6.45, 7) is 5.88. The SMILES string of the molecule is CCCCCCCC/C=C\CCCCCCCC(CC(O)COCCCCCCCCCCCCCCCCCC)N(C)C.Cl. The van der Waals surface area contributed by atoms with Gasteiger partial charge >= 0.3 is 0 Å². The zero-order chi connectivity index (χ0) is 32.2. The van der Waals surface area contributed by atoms with Crippen LogP contribution < -0.4 is 0 Å². The third kappa shape index (κ3) is 38.2. The van der Waals surface area contributed by atoms with Crippen LogP contribution >= 0.6 is 12.4 Å². The summed E-state index contributed by atoms with van der Waals surface area (Å²) in [5.74, 6) is 0. The minimum Gasteiger partial charge on any atom is -0.391 e. The highest BCUT2D eigenvalue weighted by Crippen LogP contribution is 2.17. The number of nitrogens with zero attached hydrogens (tertiary/aromatic N) is 1. The van der Waals surface area contributed by atoms with Crippen molar-refractivity contribution < 1.29 is 9.84 Å². The summed E-state index contributed by atoms with van der Waals surface area (Å²) in [6.07, 6.45) is 46.3. The Balaban J connectivity index is 0. The van der Waals surface area contributed by atoms with Gasteiger partial charge in [-0.2, -0.15) is 0 Å². The largest absolute Gasteiger partial charge is 0.391 e. The normalized spacial score (nSPS) is 13.1. The Bertz CT molecular complexity index is 556. The van der Waals surface area contributed by atoms with Crippen LogP contribution in [0.4, 0.5) is 0 Å². The van der Waals surface area contributed by atoms with E-state index in [1.165, 1.54) is 186 Å². The maximum atomic E-state index is 10.6. The molecule has 0 rings (SSSR count). The minimum absolute atomic E-state index is 0. The fourth-order valence-corrected chi connectivity index (χ4v) is 6.39. The van der Waals surface area contributed by atoms with Crippen LogP contribution in [0.5, 0.6) is 0 Å². The lowest BCUT2D eigenvalue weighted by atomic mass is 10.0. The molecule has 1 N–H and O–H groups in total. The molecule has 45 heavy (non-hydrogen) atoms. The first-order valence-corrected chi connectivity index (χ1v) is 20.2. The van der Waals surface area contributed by atoms with E-state index in [2.05, 4.69) is 45.0 Å². The van der Waals surface area contributed by atoms with Gasteiger partial charge in [-0.3, -0.25) is 0 Å². The number of halogens is 1. The smallest absolute Gasteiger partial charge is 0.0788 e. The van der Waals surface area contributed by atoms with Gasteiger partial charge in [0.2, 0.25) is 0 Å². The number of hydrogen-bond acceptors (Lipinski definition) is 3. The van der Waals surface area contributed by atoms with Crippen LogP contribution in [-0.2, 0) is 4.74 Å². The lowest BCUT2D eigenvalue weighted by Crippen LogP contribution is -2.33. The van der Waals surface area contributed by atoms with Gasteiger partial charge in [-0.1, -0.05) is 180 Å². The zero-order valence-corrected chi connectivity index (χ0v) is 32.2. The van der Waals surface area contributed by atoms with E-state index in [0.717, 1.165) is 19.4 Å². The molecular formula is C41H84ClNO2. The van der Waals surface area contributed by atoms with Crippen LogP contribution in [0.25, 0.3) is 0 Å². The van der Waals surface area contributed by atoms with Crippen LogP contribution in [0.2, 0.25) is 0 Å². The molecule has 0 aliphatic heterocycles. The fraction of sp³-hybridized carbons (Fsp3) is 0.951. The molecule has 4 heteroatoms. The molecular weight excluding hydrogens is 574 g/mol. The topological polar surface area (TPSA) is 32.7 Å². The van der Waals surface area contributed by atoms with Gasteiger partial charge in [-0.05, 0) is 59.0 Å². The first-order valence-electron chi connectivity index (χ1n) is 20.2. The van der Waals surface area contributed by atoms with Crippen molar-refractivity contribution in [2.24, 2.45) is 0 Å². The van der Waals surface area contributed by atoms with Gasteiger partial charge in [0, 0.05) is 12.6 Å². The molecule has 0 spiro atoms. The van der Waals surface area contributed by atoms with Crippen LogP contribution in [-0.4, -0.2) is 49.5 Å². The van der Waals surface area contributed by atoms with Crippen molar-refractivity contribution in [1.82, 2.24) is 4.90 Å². The van der Waals surface area contributed by atoms with Gasteiger partial charge in [-0.15, -0.1) is 12.4 Å². The zero-order valence-electron chi connectivity index (χ0n) is 31.4. The first kappa shape index (κ1) is 47.0. The number of rotatable bonds is 37. The van der Waals surface area contributed by atoms with E-state index in [-0.39, 0.29) is 18.5 Å². The number of unbranched alkanes of at least 4 members (excludes halogenated alkanes) is 26. The van der Waals surface area contributed by atoms with E-state index in [1.54, 1.807) is 0 Å². The summed E-state index contributed by atoms with van der Waals surface area (Å²) < 4.78 is 5.85. The van der Waals surface area contributed by atoms with E-state index in [4.69, 9.17) is 4.74 Å². The molecule has 0 aliphatic carbocycles. The van der Waals surface area contributed by atoms with Gasteiger partial charge in [0.1, 0.15) is 0 Å². The molecule has 0 aromatic rings. The predicted molar refractivity (Wildman–Crippen MR) is 205 cm³/mol. The van der Waals surface area contributed by atoms with Crippen molar-refractivity contribution in [3.63, 3.8) is 0 Å². The number of allylic oxidation sites excluding steroid dienone is 2. The Morgan fingerprint density at radius 2 is 0.867 bits per heavy atom. The summed E-state index contributed by atoms with van der Waals surface area (Å²) >= 11 is 0. The highest BCUT2D eigenvalue weighted by Gasteiger charge is 2.16. The second-order valence-corrected chi connectivity index (χ2v) is 14.3. The van der Waals surface area contributed by atoms with Gasteiger partial charge in [0.25, 0.3) is 0 Å². The minimum atomic E-state index is -0.341. The van der Waals surface area contributed by atoms with E-state index in [0.29, 0.717) is 12.6 Å². The average Bonchev–Trinajstić information content (AvgIpc) is 3.01. The Morgan fingerprint density at radius 1 is 0.511 bits per heavy atom. The van der Waals surface area contributed by atoms with Crippen molar-refractivity contribution in [3.8, 4) is 0 Å². The van der Waals surface area contributed by atoms with Gasteiger partial charge in [0.05, 0.1) is 12.7 Å². The highest BCUT2D eigenvalue weighted by molar-refractivity contribution is 5.85. The van der Waals surface area contributed by atoms with Gasteiger partial charge < -0.3 is 14.7 Å². The third-order valence-electron chi connectivity index (χ3n) is 9.53. The molecule has 3 nitrogen and oxygen atoms in total. The quantitative estimate of drug-likeness (QED) is 0.0533. The van der Waals surface area contributed by atoms with Crippen molar-refractivity contribution in [2.75, 3.05) is 27.3 Å². The molecule has 0 bridgehead atoms.